The summed E-state index contributed by atoms with van der Waals surface area (Å²) in [7, 11) is 0. The number of aliphatic hydroxyl groups excluding tert-OH is 1. The van der Waals surface area contributed by atoms with Crippen molar-refractivity contribution in [3.8, 4) is 0 Å². The van der Waals surface area contributed by atoms with E-state index in [4.69, 9.17) is 5.11 Å². The number of aliphatic hydroxyl groups is 1. The zero-order valence-corrected chi connectivity index (χ0v) is 4.05. The second-order valence-electron chi connectivity index (χ2n) is 1.43. The first-order chi connectivity index (χ1) is 3.13. The molecule has 3 nitrogen and oxygen atoms in total. The van der Waals surface area contributed by atoms with Crippen LogP contribution in [-0.2, 0) is 9.90 Å². The average Bonchev–Trinajstić information content (AvgIpc) is 1.27. The number of hydrogen-bond donors (Lipinski definition) is 1. The Balaban J connectivity index is 3.13. The topological polar surface area (TPSA) is 57.2 Å². The van der Waals surface area contributed by atoms with E-state index in [0.29, 0.717) is 0 Å². The molecule has 0 bridgehead atoms. The molecule has 0 fully saturated rings. The van der Waals surface area contributed by atoms with Crippen molar-refractivity contribution in [3.05, 3.63) is 0 Å². The summed E-state index contributed by atoms with van der Waals surface area (Å²) in [5, 5.41) is 17.8. The Bertz CT molecular complexity index is 67.3. The average molecular weight is 103 g/mol. The van der Waals surface area contributed by atoms with E-state index in [1.165, 1.54) is 6.92 Å². The summed E-state index contributed by atoms with van der Waals surface area (Å²) in [6.07, 6.45) is -1.06. The Kier molecular flexibility index (Phi) is 2.37. The minimum Gasteiger partial charge on any atom is -0.393 e. The zero-order valence-electron chi connectivity index (χ0n) is 4.05. The molecule has 0 aromatic heterocycles. The molecule has 0 rings (SSSR count). The predicted molar refractivity (Wildman–Crippen MR) is 22.0 cm³/mol. The fourth-order valence-electron chi connectivity index (χ4n) is 0.241. The Hall–Kier alpha value is -0.570. The maximum Gasteiger partial charge on any atom is 0.358 e. The highest BCUT2D eigenvalue weighted by molar-refractivity contribution is 5.66. The van der Waals surface area contributed by atoms with Gasteiger partial charge in [0.15, 0.2) is 0 Å². The van der Waals surface area contributed by atoms with E-state index in [0.717, 1.165) is 0 Å². The van der Waals surface area contributed by atoms with Gasteiger partial charge in [0.05, 0.1) is 12.5 Å². The minimum atomic E-state index is -1.21. The van der Waals surface area contributed by atoms with Crippen molar-refractivity contribution in [1.82, 2.24) is 0 Å². The number of carbonyl (C=O) groups is 1. The van der Waals surface area contributed by atoms with Gasteiger partial charge in [0.25, 0.3) is 0 Å². The molecule has 0 aliphatic rings. The number of rotatable bonds is 2. The lowest BCUT2D eigenvalue weighted by Gasteiger charge is -1.92. The molecule has 0 saturated heterocycles. The highest BCUT2D eigenvalue weighted by Gasteiger charge is 2.02. The van der Waals surface area contributed by atoms with Crippen LogP contribution in [0.3, 0.4) is 0 Å². The first-order valence-corrected chi connectivity index (χ1v) is 2.01. The van der Waals surface area contributed by atoms with Crippen LogP contribution in [0.4, 0.5) is 0 Å². The van der Waals surface area contributed by atoms with E-state index >= 15 is 0 Å². The van der Waals surface area contributed by atoms with Crippen molar-refractivity contribution < 1.29 is 15.0 Å². The van der Waals surface area contributed by atoms with Crippen LogP contribution in [0.15, 0.2) is 0 Å². The second kappa shape index (κ2) is 2.58. The summed E-state index contributed by atoms with van der Waals surface area (Å²) in [4.78, 5) is 9.54. The molecule has 0 heterocycles. The van der Waals surface area contributed by atoms with Gasteiger partial charge >= 0.3 is 5.97 Å². The van der Waals surface area contributed by atoms with Gasteiger partial charge in [-0.15, -0.1) is 0 Å². The minimum absolute atomic E-state index is 0.278. The van der Waals surface area contributed by atoms with Crippen LogP contribution < -0.4 is 0 Å². The van der Waals surface area contributed by atoms with Crippen LogP contribution in [0.5, 0.6) is 0 Å². The van der Waals surface area contributed by atoms with Gasteiger partial charge in [0.1, 0.15) is 0 Å². The van der Waals surface area contributed by atoms with Crippen LogP contribution >= 0.6 is 0 Å². The predicted octanol–water partition coefficient (Wildman–Crippen LogP) is -0.286. The molecule has 1 atom stereocenters. The van der Waals surface area contributed by atoms with Gasteiger partial charge in [0.2, 0.25) is 0 Å². The monoisotopic (exact) mass is 103 g/mol. The van der Waals surface area contributed by atoms with E-state index < -0.39 is 12.1 Å². The van der Waals surface area contributed by atoms with Gasteiger partial charge < -0.3 is 5.11 Å². The third-order valence-electron chi connectivity index (χ3n) is 0.462. The van der Waals surface area contributed by atoms with Gasteiger partial charge in [-0.25, -0.2) is 9.90 Å². The summed E-state index contributed by atoms with van der Waals surface area (Å²) in [5.74, 6) is -1.21. The lowest BCUT2D eigenvalue weighted by molar-refractivity contribution is -0.145. The van der Waals surface area contributed by atoms with E-state index in [2.05, 4.69) is 0 Å². The molecule has 0 spiro atoms. The van der Waals surface area contributed by atoms with Gasteiger partial charge in [-0.2, -0.15) is 0 Å². The van der Waals surface area contributed by atoms with Gasteiger partial charge in [-0.3, -0.25) is 0 Å². The van der Waals surface area contributed by atoms with Crippen LogP contribution in [-0.4, -0.2) is 17.2 Å². The molecule has 0 aromatic carbocycles. The van der Waals surface area contributed by atoms with Gasteiger partial charge in [-0.1, -0.05) is 0 Å². The molecule has 0 amide bonds. The molecule has 1 unspecified atom stereocenters. The third-order valence-corrected chi connectivity index (χ3v) is 0.462. The van der Waals surface area contributed by atoms with Crippen LogP contribution in [0.1, 0.15) is 13.3 Å². The smallest absolute Gasteiger partial charge is 0.358 e. The van der Waals surface area contributed by atoms with E-state index in [1.807, 2.05) is 0 Å². The summed E-state index contributed by atoms with van der Waals surface area (Å²) < 4.78 is 0. The Labute approximate surface area is 41.6 Å². The van der Waals surface area contributed by atoms with E-state index in [-0.39, 0.29) is 6.42 Å². The molecule has 1 N–H and O–H groups in total. The van der Waals surface area contributed by atoms with Crippen LogP contribution in [0, 0.1) is 0 Å². The third kappa shape index (κ3) is 5.43. The lowest BCUT2D eigenvalue weighted by atomic mass is 10.3. The van der Waals surface area contributed by atoms with Gasteiger partial charge in [0, 0.05) is 0 Å². The molecule has 0 saturated carbocycles. The fraction of sp³-hybridized carbons (Fsp3) is 0.750. The molecule has 0 aliphatic carbocycles. The van der Waals surface area contributed by atoms with Crippen LogP contribution in [0.2, 0.25) is 0 Å². The van der Waals surface area contributed by atoms with Crippen molar-refractivity contribution in [2.24, 2.45) is 0 Å². The maximum absolute atomic E-state index is 9.54. The highest BCUT2D eigenvalue weighted by Crippen LogP contribution is 1.86. The Morgan fingerprint density at radius 2 is 2.29 bits per heavy atom. The number of hydrogen-bond acceptors (Lipinski definition) is 2. The quantitative estimate of drug-likeness (QED) is 0.522. The van der Waals surface area contributed by atoms with Crippen molar-refractivity contribution in [3.63, 3.8) is 0 Å². The Morgan fingerprint density at radius 3 is 2.29 bits per heavy atom. The first kappa shape index (κ1) is 6.43. The maximum atomic E-state index is 9.54. The SMILES string of the molecule is CC(O)CC([O])=O. The largest absolute Gasteiger partial charge is 0.393 e. The van der Waals surface area contributed by atoms with E-state index in [1.54, 1.807) is 0 Å². The van der Waals surface area contributed by atoms with Crippen molar-refractivity contribution >= 4 is 5.97 Å². The van der Waals surface area contributed by atoms with Crippen molar-refractivity contribution in [2.45, 2.75) is 19.4 Å². The summed E-state index contributed by atoms with van der Waals surface area (Å²) in [6.45, 7) is 1.40. The molecule has 1 radical (unpaired) electrons. The molecular formula is C4H7O3. The van der Waals surface area contributed by atoms with Crippen molar-refractivity contribution in [2.75, 3.05) is 0 Å². The lowest BCUT2D eigenvalue weighted by Crippen LogP contribution is -2.06. The number of carbonyl (C=O) groups excluding carboxylic acids is 1. The van der Waals surface area contributed by atoms with E-state index in [9.17, 15) is 9.90 Å². The second-order valence-corrected chi connectivity index (χ2v) is 1.43. The first-order valence-electron chi connectivity index (χ1n) is 2.01. The molecular weight excluding hydrogens is 96.0 g/mol. The summed E-state index contributed by atoms with van der Waals surface area (Å²) in [6, 6.07) is 0. The van der Waals surface area contributed by atoms with Gasteiger partial charge in [-0.05, 0) is 6.92 Å². The standard InChI is InChI=1S/C4H7O3/c1-3(5)2-4(6)7/h3,5H,2H2,1H3. The molecule has 7 heavy (non-hydrogen) atoms. The fourth-order valence-corrected chi connectivity index (χ4v) is 0.241. The zero-order chi connectivity index (χ0) is 5.86. The molecule has 0 aliphatic heterocycles. The Morgan fingerprint density at radius 1 is 1.86 bits per heavy atom. The molecule has 3 heteroatoms. The van der Waals surface area contributed by atoms with Crippen molar-refractivity contribution in [1.29, 1.82) is 0 Å². The summed E-state index contributed by atoms with van der Waals surface area (Å²) >= 11 is 0. The van der Waals surface area contributed by atoms with Crippen LogP contribution in [0.25, 0.3) is 0 Å². The molecule has 0 aromatic rings. The molecule has 41 valence electrons. The highest BCUT2D eigenvalue weighted by atomic mass is 16.4. The normalized spacial score (nSPS) is 13.4. The summed E-state index contributed by atoms with van der Waals surface area (Å²) in [5.41, 5.74) is 0.